The molecule has 136 valence electrons. The van der Waals surface area contributed by atoms with Gasteiger partial charge in [0, 0.05) is 25.7 Å². The van der Waals surface area contributed by atoms with E-state index in [0.717, 1.165) is 50.1 Å². The highest BCUT2D eigenvalue weighted by atomic mass is 16.5. The van der Waals surface area contributed by atoms with Crippen LogP contribution in [0.2, 0.25) is 0 Å². The van der Waals surface area contributed by atoms with Crippen molar-refractivity contribution in [1.29, 1.82) is 0 Å². The molecule has 0 amide bonds. The number of likely N-dealkylation sites (tertiary alicyclic amines) is 1. The molecule has 0 unspecified atom stereocenters. The van der Waals surface area contributed by atoms with E-state index in [0.29, 0.717) is 6.61 Å². The number of hydrogen-bond acceptors (Lipinski definition) is 3. The lowest BCUT2D eigenvalue weighted by Crippen LogP contribution is -2.38. The van der Waals surface area contributed by atoms with Crippen LogP contribution in [0.15, 0.2) is 59.4 Å². The predicted octanol–water partition coefficient (Wildman–Crippen LogP) is 3.18. The van der Waals surface area contributed by atoms with Crippen LogP contribution in [-0.4, -0.2) is 40.7 Å². The monoisotopic (exact) mass is 351 g/mol. The minimum Gasteiger partial charge on any atom is -0.375 e. The number of H-pyrrole nitrogens is 1. The van der Waals surface area contributed by atoms with Crippen molar-refractivity contribution in [2.75, 3.05) is 26.2 Å². The molecule has 0 saturated carbocycles. The number of hydrogen-bond donors (Lipinski definition) is 1. The fourth-order valence-corrected chi connectivity index (χ4v) is 3.80. The molecule has 26 heavy (non-hydrogen) atoms. The van der Waals surface area contributed by atoms with Gasteiger partial charge < -0.3 is 14.6 Å². The molecule has 2 heterocycles. The van der Waals surface area contributed by atoms with Gasteiger partial charge in [-0.25, -0.2) is 4.79 Å². The van der Waals surface area contributed by atoms with Crippen molar-refractivity contribution in [3.05, 3.63) is 70.6 Å². The van der Waals surface area contributed by atoms with Gasteiger partial charge in [-0.1, -0.05) is 42.5 Å². The topological polar surface area (TPSA) is 50.3 Å². The Morgan fingerprint density at radius 2 is 1.73 bits per heavy atom. The van der Waals surface area contributed by atoms with Crippen molar-refractivity contribution in [3.63, 3.8) is 0 Å². The second-order valence-corrected chi connectivity index (χ2v) is 6.93. The molecule has 2 aromatic carbocycles. The Morgan fingerprint density at radius 3 is 2.54 bits per heavy atom. The third-order valence-electron chi connectivity index (χ3n) is 5.21. The second kappa shape index (κ2) is 7.89. The van der Waals surface area contributed by atoms with Gasteiger partial charge >= 0.3 is 5.69 Å². The first-order valence-electron chi connectivity index (χ1n) is 9.34. The van der Waals surface area contributed by atoms with Gasteiger partial charge in [-0.2, -0.15) is 0 Å². The van der Waals surface area contributed by atoms with Crippen molar-refractivity contribution < 1.29 is 4.74 Å². The van der Waals surface area contributed by atoms with Crippen LogP contribution in [-0.2, 0) is 11.3 Å². The Balaban J connectivity index is 1.27. The lowest BCUT2D eigenvalue weighted by Gasteiger charge is -2.32. The quantitative estimate of drug-likeness (QED) is 0.694. The lowest BCUT2D eigenvalue weighted by atomic mass is 10.0. The Kier molecular flexibility index (Phi) is 5.18. The average molecular weight is 351 g/mol. The van der Waals surface area contributed by atoms with Crippen LogP contribution in [0.25, 0.3) is 11.0 Å². The Labute approximate surface area is 153 Å². The highest BCUT2D eigenvalue weighted by Gasteiger charge is 2.23. The van der Waals surface area contributed by atoms with Crippen LogP contribution in [0.5, 0.6) is 0 Å². The van der Waals surface area contributed by atoms with Crippen LogP contribution in [0.3, 0.4) is 0 Å². The molecule has 1 aromatic heterocycles. The zero-order chi connectivity index (χ0) is 17.8. The number of nitrogens with one attached hydrogen (secondary N) is 1. The van der Waals surface area contributed by atoms with E-state index in [1.54, 1.807) is 0 Å². The van der Waals surface area contributed by atoms with Gasteiger partial charge in [-0.05, 0) is 30.5 Å². The first-order chi connectivity index (χ1) is 12.8. The summed E-state index contributed by atoms with van der Waals surface area (Å²) in [5.74, 6) is 0. The molecule has 0 radical (unpaired) electrons. The van der Waals surface area contributed by atoms with Gasteiger partial charge in [-0.15, -0.1) is 0 Å². The molecule has 1 saturated heterocycles. The lowest BCUT2D eigenvalue weighted by molar-refractivity contribution is 0.0802. The molecule has 0 aliphatic carbocycles. The maximum absolute atomic E-state index is 12.3. The smallest absolute Gasteiger partial charge is 0.326 e. The normalized spacial score (nSPS) is 16.3. The van der Waals surface area contributed by atoms with Crippen LogP contribution in [0, 0.1) is 0 Å². The zero-order valence-electron chi connectivity index (χ0n) is 14.9. The summed E-state index contributed by atoms with van der Waals surface area (Å²) in [6, 6.07) is 18.5. The number of aromatic nitrogens is 2. The second-order valence-electron chi connectivity index (χ2n) is 6.93. The number of ether oxygens (including phenoxy) is 1. The SMILES string of the molecule is O=c1[nH]c2ccccc2n1C1CCN(CCOCc2ccccc2)CC1. The molecule has 3 aromatic rings. The van der Waals surface area contributed by atoms with E-state index >= 15 is 0 Å². The summed E-state index contributed by atoms with van der Waals surface area (Å²) < 4.78 is 7.74. The minimum absolute atomic E-state index is 0.0100. The fraction of sp³-hybridized carbons (Fsp3) is 0.381. The van der Waals surface area contributed by atoms with E-state index in [1.807, 2.05) is 47.0 Å². The Bertz CT molecular complexity index is 892. The number of rotatable bonds is 6. The van der Waals surface area contributed by atoms with Crippen molar-refractivity contribution >= 4 is 11.0 Å². The Hall–Kier alpha value is -2.37. The number of fused-ring (bicyclic) bond motifs is 1. The van der Waals surface area contributed by atoms with Gasteiger partial charge in [0.2, 0.25) is 0 Å². The number of para-hydroxylation sites is 2. The van der Waals surface area contributed by atoms with E-state index in [9.17, 15) is 4.79 Å². The van der Waals surface area contributed by atoms with E-state index < -0.39 is 0 Å². The van der Waals surface area contributed by atoms with E-state index in [2.05, 4.69) is 22.0 Å². The number of piperidine rings is 1. The summed E-state index contributed by atoms with van der Waals surface area (Å²) in [6.45, 7) is 4.37. The maximum atomic E-state index is 12.3. The molecule has 0 bridgehead atoms. The molecular weight excluding hydrogens is 326 g/mol. The number of imidazole rings is 1. The van der Waals surface area contributed by atoms with Gasteiger partial charge in [-0.3, -0.25) is 4.57 Å². The van der Waals surface area contributed by atoms with E-state index in [1.165, 1.54) is 5.56 Å². The summed E-state index contributed by atoms with van der Waals surface area (Å²) in [7, 11) is 0. The standard InChI is InChI=1S/C21H25N3O2/c25-21-22-19-8-4-5-9-20(19)24(21)18-10-12-23(13-11-18)14-15-26-16-17-6-2-1-3-7-17/h1-9,18H,10-16H2,(H,22,25). The molecular formula is C21H25N3O2. The largest absolute Gasteiger partial charge is 0.375 e. The average Bonchev–Trinajstić information content (AvgIpc) is 3.02. The van der Waals surface area contributed by atoms with E-state index in [4.69, 9.17) is 4.74 Å². The summed E-state index contributed by atoms with van der Waals surface area (Å²) in [5.41, 5.74) is 3.16. The summed E-state index contributed by atoms with van der Waals surface area (Å²) in [4.78, 5) is 17.7. The van der Waals surface area contributed by atoms with Crippen molar-refractivity contribution in [3.8, 4) is 0 Å². The fourth-order valence-electron chi connectivity index (χ4n) is 3.80. The summed E-state index contributed by atoms with van der Waals surface area (Å²) in [5, 5.41) is 0. The van der Waals surface area contributed by atoms with Gasteiger partial charge in [0.25, 0.3) is 0 Å². The number of aromatic amines is 1. The van der Waals surface area contributed by atoms with Crippen LogP contribution < -0.4 is 5.69 Å². The highest BCUT2D eigenvalue weighted by molar-refractivity contribution is 5.75. The molecule has 1 N–H and O–H groups in total. The van der Waals surface area contributed by atoms with Crippen molar-refractivity contribution in [2.45, 2.75) is 25.5 Å². The molecule has 1 aliphatic heterocycles. The molecule has 4 rings (SSSR count). The first kappa shape index (κ1) is 17.1. The zero-order valence-corrected chi connectivity index (χ0v) is 14.9. The van der Waals surface area contributed by atoms with Crippen LogP contribution in [0.4, 0.5) is 0 Å². The predicted molar refractivity (Wildman–Crippen MR) is 103 cm³/mol. The summed E-state index contributed by atoms with van der Waals surface area (Å²) in [6.07, 6.45) is 2.00. The minimum atomic E-state index is 0.0100. The van der Waals surface area contributed by atoms with Crippen LogP contribution >= 0.6 is 0 Å². The van der Waals surface area contributed by atoms with E-state index in [-0.39, 0.29) is 11.7 Å². The van der Waals surface area contributed by atoms with Crippen molar-refractivity contribution in [1.82, 2.24) is 14.5 Å². The molecule has 1 fully saturated rings. The molecule has 1 aliphatic rings. The maximum Gasteiger partial charge on any atom is 0.326 e. The molecule has 0 atom stereocenters. The number of benzene rings is 2. The third-order valence-corrected chi connectivity index (χ3v) is 5.21. The highest BCUT2D eigenvalue weighted by Crippen LogP contribution is 2.24. The van der Waals surface area contributed by atoms with Crippen molar-refractivity contribution in [2.24, 2.45) is 0 Å². The summed E-state index contributed by atoms with van der Waals surface area (Å²) >= 11 is 0. The van der Waals surface area contributed by atoms with Gasteiger partial charge in [0.15, 0.2) is 0 Å². The van der Waals surface area contributed by atoms with Gasteiger partial charge in [0.1, 0.15) is 0 Å². The molecule has 5 heteroatoms. The van der Waals surface area contributed by atoms with Crippen LogP contribution in [0.1, 0.15) is 24.4 Å². The third kappa shape index (κ3) is 3.74. The molecule has 5 nitrogen and oxygen atoms in total. The number of nitrogens with zero attached hydrogens (tertiary/aromatic N) is 2. The van der Waals surface area contributed by atoms with Gasteiger partial charge in [0.05, 0.1) is 24.2 Å². The first-order valence-corrected chi connectivity index (χ1v) is 9.34. The Morgan fingerprint density at radius 1 is 1.00 bits per heavy atom. The molecule has 0 spiro atoms.